The average molecular weight is 565 g/mol. The van der Waals surface area contributed by atoms with Crippen LogP contribution in [-0.2, 0) is 23.4 Å². The molecule has 6 atom stereocenters. The lowest BCUT2D eigenvalue weighted by atomic mass is 9.96. The molecule has 15 heteroatoms. The van der Waals surface area contributed by atoms with E-state index in [0.717, 1.165) is 0 Å². The number of aliphatic hydroxyl groups excluding tert-OH is 1. The van der Waals surface area contributed by atoms with E-state index in [1.165, 1.54) is 24.7 Å². The number of benzene rings is 1. The lowest BCUT2D eigenvalue weighted by Gasteiger charge is -2.27. The quantitative estimate of drug-likeness (QED) is 0.206. The van der Waals surface area contributed by atoms with E-state index >= 15 is 0 Å². The molecular formula is C24H33N6O8P. The van der Waals surface area contributed by atoms with E-state index in [0.29, 0.717) is 16.9 Å². The molecule has 3 heterocycles. The molecule has 0 amide bonds. The number of aryl methyl sites for hydroxylation is 1. The molecule has 1 aliphatic rings. The first-order valence-electron chi connectivity index (χ1n) is 12.3. The summed E-state index contributed by atoms with van der Waals surface area (Å²) in [5, 5.41) is 24.7. The summed E-state index contributed by atoms with van der Waals surface area (Å²) in [6.07, 6.45) is -2.78. The van der Waals surface area contributed by atoms with Gasteiger partial charge in [0, 0.05) is 0 Å². The highest BCUT2D eigenvalue weighted by Crippen LogP contribution is 2.47. The highest BCUT2D eigenvalue weighted by atomic mass is 31.2. The third-order valence-corrected chi connectivity index (χ3v) is 7.70. The Morgan fingerprint density at radius 1 is 1.28 bits per heavy atom. The smallest absolute Gasteiger partial charge is 0.459 e. The van der Waals surface area contributed by atoms with Gasteiger partial charge < -0.3 is 29.9 Å². The number of imidazole rings is 1. The van der Waals surface area contributed by atoms with Crippen molar-refractivity contribution in [1.82, 2.24) is 24.6 Å². The second kappa shape index (κ2) is 11.2. The predicted molar refractivity (Wildman–Crippen MR) is 139 cm³/mol. The number of carbonyl (C=O) groups is 1. The number of hydrogen-bond acceptors (Lipinski definition) is 12. The predicted octanol–water partition coefficient (Wildman–Crippen LogP) is 1.86. The number of aliphatic hydroxyl groups is 2. The Morgan fingerprint density at radius 2 is 1.97 bits per heavy atom. The van der Waals surface area contributed by atoms with Gasteiger partial charge in [0.15, 0.2) is 11.9 Å². The molecule has 1 fully saturated rings. The minimum absolute atomic E-state index is 0.00927. The molecule has 2 aromatic heterocycles. The summed E-state index contributed by atoms with van der Waals surface area (Å²) < 4.78 is 37.6. The van der Waals surface area contributed by atoms with Crippen LogP contribution in [0.25, 0.3) is 11.2 Å². The minimum Gasteiger partial charge on any atom is -0.462 e. The number of hydrogen-bond donors (Lipinski definition) is 4. The van der Waals surface area contributed by atoms with Gasteiger partial charge in [0.1, 0.15) is 35.1 Å². The molecule has 0 radical (unpaired) electrons. The van der Waals surface area contributed by atoms with Gasteiger partial charge >= 0.3 is 13.7 Å². The van der Waals surface area contributed by atoms with Crippen LogP contribution in [0, 0.1) is 6.92 Å². The molecule has 1 aromatic carbocycles. The first-order valence-corrected chi connectivity index (χ1v) is 13.8. The zero-order valence-corrected chi connectivity index (χ0v) is 23.1. The number of esters is 1. The van der Waals surface area contributed by atoms with Crippen LogP contribution in [0.4, 0.5) is 5.95 Å². The number of nitrogens with zero attached hydrogens (tertiary/aromatic N) is 4. The Hall–Kier alpha value is -3.13. The average Bonchev–Trinajstić information content (AvgIpc) is 3.36. The molecule has 14 nitrogen and oxygen atoms in total. The number of para-hydroxylation sites is 1. The Labute approximate surface area is 225 Å². The van der Waals surface area contributed by atoms with Crippen molar-refractivity contribution < 1.29 is 38.1 Å². The molecule has 0 aliphatic carbocycles. The van der Waals surface area contributed by atoms with E-state index in [9.17, 15) is 19.6 Å². The number of fused-ring (bicyclic) bond motifs is 1. The summed E-state index contributed by atoms with van der Waals surface area (Å²) in [5.74, 6) is -0.433. The normalized spacial score (nSPS) is 25.5. The summed E-state index contributed by atoms with van der Waals surface area (Å²) in [6.45, 7) is 7.46. The fraction of sp³-hybridized carbons (Fsp3) is 0.500. The maximum atomic E-state index is 13.8. The molecule has 39 heavy (non-hydrogen) atoms. The van der Waals surface area contributed by atoms with Crippen molar-refractivity contribution in [2.45, 2.75) is 70.8 Å². The summed E-state index contributed by atoms with van der Waals surface area (Å²) in [4.78, 5) is 24.9. The monoisotopic (exact) mass is 564 g/mol. The van der Waals surface area contributed by atoms with Crippen molar-refractivity contribution in [1.29, 1.82) is 0 Å². The van der Waals surface area contributed by atoms with Crippen molar-refractivity contribution in [3.63, 3.8) is 0 Å². The number of nitrogen functional groups attached to an aromatic ring is 1. The Morgan fingerprint density at radius 3 is 2.64 bits per heavy atom. The van der Waals surface area contributed by atoms with Crippen LogP contribution in [0.2, 0.25) is 0 Å². The number of aromatic nitrogens is 4. The van der Waals surface area contributed by atoms with Gasteiger partial charge in [0.25, 0.3) is 0 Å². The topological polar surface area (TPSA) is 193 Å². The number of rotatable bonds is 10. The summed E-state index contributed by atoms with van der Waals surface area (Å²) in [5.41, 5.74) is 5.25. The number of ether oxygens (including phenoxy) is 2. The van der Waals surface area contributed by atoms with Crippen molar-refractivity contribution in [3.05, 3.63) is 42.4 Å². The highest BCUT2D eigenvalue weighted by Gasteiger charge is 2.54. The molecule has 3 aromatic rings. The van der Waals surface area contributed by atoms with Crippen LogP contribution >= 0.6 is 7.75 Å². The maximum absolute atomic E-state index is 13.8. The molecule has 0 bridgehead atoms. The van der Waals surface area contributed by atoms with Gasteiger partial charge in [-0.3, -0.25) is 13.9 Å². The van der Waals surface area contributed by atoms with Gasteiger partial charge in [0.05, 0.1) is 24.7 Å². The largest absolute Gasteiger partial charge is 0.462 e. The number of nitrogens with one attached hydrogen (secondary N) is 1. The molecule has 1 aliphatic heterocycles. The van der Waals surface area contributed by atoms with Crippen LogP contribution in [0.3, 0.4) is 0 Å². The van der Waals surface area contributed by atoms with Crippen molar-refractivity contribution in [2.24, 2.45) is 0 Å². The van der Waals surface area contributed by atoms with E-state index in [1.54, 1.807) is 51.1 Å². The third kappa shape index (κ3) is 6.21. The lowest BCUT2D eigenvalue weighted by Crippen LogP contribution is -2.44. The number of anilines is 1. The lowest BCUT2D eigenvalue weighted by molar-refractivity contribution is -0.149. The van der Waals surface area contributed by atoms with Gasteiger partial charge in [-0.1, -0.05) is 18.2 Å². The first kappa shape index (κ1) is 28.9. The fourth-order valence-corrected chi connectivity index (χ4v) is 5.64. The molecule has 5 N–H and O–H groups in total. The van der Waals surface area contributed by atoms with Crippen LogP contribution < -0.4 is 15.3 Å². The third-order valence-electron chi connectivity index (χ3n) is 6.06. The minimum atomic E-state index is -4.23. The van der Waals surface area contributed by atoms with E-state index < -0.39 is 50.4 Å². The number of carbonyl (C=O) groups excluding carboxylic acids is 1. The van der Waals surface area contributed by atoms with E-state index in [4.69, 9.17) is 24.3 Å². The summed E-state index contributed by atoms with van der Waals surface area (Å²) in [7, 11) is -4.23. The molecule has 0 spiro atoms. The van der Waals surface area contributed by atoms with E-state index in [1.807, 2.05) is 0 Å². The van der Waals surface area contributed by atoms with Gasteiger partial charge in [-0.05, 0) is 46.8 Å². The second-order valence-corrected chi connectivity index (χ2v) is 11.4. The molecule has 4 rings (SSSR count). The van der Waals surface area contributed by atoms with E-state index in [-0.39, 0.29) is 17.8 Å². The Bertz CT molecular complexity index is 1370. The maximum Gasteiger partial charge on any atom is 0.459 e. The summed E-state index contributed by atoms with van der Waals surface area (Å²) in [6, 6.07) is 7.18. The van der Waals surface area contributed by atoms with Gasteiger partial charge in [-0.25, -0.2) is 14.5 Å². The van der Waals surface area contributed by atoms with E-state index in [2.05, 4.69) is 20.0 Å². The van der Waals surface area contributed by atoms with Crippen molar-refractivity contribution in [2.75, 3.05) is 12.3 Å². The Balaban J connectivity index is 1.55. The summed E-state index contributed by atoms with van der Waals surface area (Å²) >= 11 is 0. The van der Waals surface area contributed by atoms with Crippen LogP contribution in [0.15, 0.2) is 36.7 Å². The molecule has 1 saturated heterocycles. The molecular weight excluding hydrogens is 531 g/mol. The van der Waals surface area contributed by atoms with Crippen LogP contribution in [0.1, 0.15) is 39.6 Å². The fourth-order valence-electron chi connectivity index (χ4n) is 4.13. The Kier molecular flexibility index (Phi) is 8.26. The SMILES string of the molecule is Cc1nc(N)nc2c1ncn2[C@@H]1O[C@H](COP(=O)(N[C@@H](C)C(=O)OC(C)C)Oc2ccccc2)[C@@H](O)[C@@]1(C)O. The zero-order valence-electron chi connectivity index (χ0n) is 22.2. The van der Waals surface area contributed by atoms with Gasteiger partial charge in [-0.2, -0.15) is 10.1 Å². The van der Waals surface area contributed by atoms with Crippen molar-refractivity contribution >= 4 is 30.8 Å². The second-order valence-electron chi connectivity index (χ2n) is 9.72. The highest BCUT2D eigenvalue weighted by molar-refractivity contribution is 7.52. The molecule has 212 valence electrons. The van der Waals surface area contributed by atoms with Crippen molar-refractivity contribution in [3.8, 4) is 5.75 Å². The molecule has 1 unspecified atom stereocenters. The van der Waals surface area contributed by atoms with Crippen LogP contribution in [0.5, 0.6) is 5.75 Å². The van der Waals surface area contributed by atoms with Gasteiger partial charge in [-0.15, -0.1) is 0 Å². The standard InChI is InChI=1S/C24H33N6O8P/c1-13(2)36-21(32)15(4)29-39(34,38-16-9-7-6-8-10-16)35-11-17-19(31)24(5,33)22(37-17)30-12-26-18-14(3)27-23(25)28-20(18)30/h6-10,12-13,15,17,19,22,31,33H,11H2,1-5H3,(H,29,34)(H2,25,27,28)/t15-,17+,19+,22+,24+,39?/m0/s1. The first-order chi connectivity index (χ1) is 18.3. The number of nitrogens with two attached hydrogens (primary N) is 1. The van der Waals surface area contributed by atoms with Gasteiger partial charge in [0.2, 0.25) is 5.95 Å². The van der Waals surface area contributed by atoms with Crippen LogP contribution in [-0.4, -0.2) is 72.3 Å². The molecule has 0 saturated carbocycles. The zero-order chi connectivity index (χ0) is 28.5.